The van der Waals surface area contributed by atoms with Crippen LogP contribution in [0.5, 0.6) is 0 Å². The van der Waals surface area contributed by atoms with Crippen LogP contribution in [-0.2, 0) is 47.8 Å². The molecule has 18 atom stereocenters. The summed E-state index contributed by atoms with van der Waals surface area (Å²) in [6.45, 7) is 16.3. The van der Waals surface area contributed by atoms with E-state index in [2.05, 4.69) is 9.78 Å². The fourth-order valence-corrected chi connectivity index (χ4v) is 9.73. The summed E-state index contributed by atoms with van der Waals surface area (Å²) in [7, 11) is 5.18. The lowest BCUT2D eigenvalue weighted by Crippen LogP contribution is -2.61. The van der Waals surface area contributed by atoms with Gasteiger partial charge in [-0.05, 0) is 99.2 Å². The fraction of sp³-hybridized carbons (Fsp3) is 0.686. The minimum atomic E-state index is -1.99. The van der Waals surface area contributed by atoms with E-state index in [1.54, 1.807) is 102 Å². The first-order valence-electron chi connectivity index (χ1n) is 23.8. The highest BCUT2D eigenvalue weighted by atomic mass is 17.2. The van der Waals surface area contributed by atoms with Gasteiger partial charge in [-0.2, -0.15) is 0 Å². The van der Waals surface area contributed by atoms with Crippen molar-refractivity contribution < 1.29 is 82.9 Å². The molecule has 388 valence electrons. The maximum absolute atomic E-state index is 14.1. The van der Waals surface area contributed by atoms with E-state index in [1.807, 2.05) is 25.9 Å². The Morgan fingerprint density at radius 1 is 0.768 bits per heavy atom. The Balaban J connectivity index is 0.000000478. The smallest absolute Gasteiger partial charge is 0.386 e. The Labute approximate surface area is 406 Å². The lowest BCUT2D eigenvalue weighted by atomic mass is 9.74. The van der Waals surface area contributed by atoms with Gasteiger partial charge in [0.2, 0.25) is 0 Å². The first-order valence-corrected chi connectivity index (χ1v) is 23.8. The number of likely N-dealkylation sites (N-methyl/N-ethyl adjacent to an activating group) is 1. The normalized spacial score (nSPS) is 39.3. The summed E-state index contributed by atoms with van der Waals surface area (Å²) in [5, 5.41) is 57.6. The molecule has 0 aliphatic carbocycles. The van der Waals surface area contributed by atoms with Crippen LogP contribution in [0.2, 0.25) is 0 Å². The average molecular weight is 976 g/mol. The Hall–Kier alpha value is -3.92. The van der Waals surface area contributed by atoms with E-state index < -0.39 is 119 Å². The molecule has 18 nitrogen and oxygen atoms in total. The number of ketones is 1. The molecule has 5 rings (SSSR count). The molecule has 3 heterocycles. The molecule has 3 aliphatic heterocycles. The number of Topliss-reactive ketones (excluding diaryl/α,β-unsaturated/α-hetero) is 1. The molecule has 3 aliphatic rings. The number of esters is 1. The zero-order chi connectivity index (χ0) is 51.8. The van der Waals surface area contributed by atoms with Crippen molar-refractivity contribution in [2.45, 2.75) is 179 Å². The van der Waals surface area contributed by atoms with E-state index >= 15 is 0 Å². The van der Waals surface area contributed by atoms with Crippen LogP contribution in [0, 0.1) is 23.7 Å². The minimum Gasteiger partial charge on any atom is -0.459 e. The van der Waals surface area contributed by atoms with Crippen molar-refractivity contribution in [3.8, 4) is 0 Å². The van der Waals surface area contributed by atoms with Crippen molar-refractivity contribution in [2.75, 3.05) is 21.2 Å². The second-order valence-corrected chi connectivity index (χ2v) is 19.9. The number of carbonyl (C=O) groups excluding carboxylic acids is 4. The maximum atomic E-state index is 14.1. The number of hydrogen-bond donors (Lipinski definition) is 5. The number of hydrogen-bond acceptors (Lipinski definition) is 18. The second kappa shape index (κ2) is 24.5. The molecule has 0 aromatic heterocycles. The Morgan fingerprint density at radius 3 is 1.80 bits per heavy atom. The van der Waals surface area contributed by atoms with Crippen LogP contribution in [0.25, 0.3) is 0 Å². The van der Waals surface area contributed by atoms with E-state index in [9.17, 15) is 44.7 Å². The highest BCUT2D eigenvalue weighted by molar-refractivity contribution is 5.92. The predicted molar refractivity (Wildman–Crippen MR) is 250 cm³/mol. The molecule has 5 N–H and O–H groups in total. The Kier molecular flexibility index (Phi) is 20.4. The minimum absolute atomic E-state index is 0.0936. The molecule has 69 heavy (non-hydrogen) atoms. The Morgan fingerprint density at radius 2 is 1.30 bits per heavy atom. The molecule has 2 aromatic carbocycles. The van der Waals surface area contributed by atoms with Gasteiger partial charge in [-0.15, -0.1) is 0 Å². The number of rotatable bonds is 9. The topological polar surface area (TPSA) is 247 Å². The Bertz CT molecular complexity index is 1920. The molecule has 0 unspecified atom stereocenters. The number of cyclic esters (lactones) is 1. The van der Waals surface area contributed by atoms with Gasteiger partial charge in [0.05, 0.1) is 58.8 Å². The number of methoxy groups -OCH3 is 1. The van der Waals surface area contributed by atoms with E-state index in [-0.39, 0.29) is 31.4 Å². The predicted octanol–water partition coefficient (Wildman–Crippen LogP) is 4.40. The number of carbonyl (C=O) groups is 4. The van der Waals surface area contributed by atoms with Crippen molar-refractivity contribution in [3.05, 3.63) is 71.8 Å². The quantitative estimate of drug-likeness (QED) is 0.133. The van der Waals surface area contributed by atoms with Gasteiger partial charge in [0.25, 0.3) is 0 Å². The molecule has 18 heteroatoms. The van der Waals surface area contributed by atoms with Crippen molar-refractivity contribution in [2.24, 2.45) is 23.7 Å². The first kappa shape index (κ1) is 57.7. The highest BCUT2D eigenvalue weighted by Crippen LogP contribution is 2.41. The number of aliphatic hydroxyl groups is 5. The molecule has 0 saturated carbocycles. The molecule has 3 fully saturated rings. The molecule has 0 radical (unpaired) electrons. The van der Waals surface area contributed by atoms with Crippen LogP contribution in [0.3, 0.4) is 0 Å². The van der Waals surface area contributed by atoms with Crippen LogP contribution in [0.1, 0.15) is 116 Å². The molecule has 2 aromatic rings. The molecular weight excluding hydrogens is 899 g/mol. The number of ether oxygens (including phenoxy) is 6. The van der Waals surface area contributed by atoms with E-state index in [1.165, 1.54) is 27.9 Å². The van der Waals surface area contributed by atoms with Crippen molar-refractivity contribution in [1.29, 1.82) is 0 Å². The summed E-state index contributed by atoms with van der Waals surface area (Å²) in [5.74, 6) is -6.39. The van der Waals surface area contributed by atoms with Gasteiger partial charge in [-0.25, -0.2) is 19.4 Å². The largest absolute Gasteiger partial charge is 0.459 e. The van der Waals surface area contributed by atoms with E-state index in [0.717, 1.165) is 0 Å². The van der Waals surface area contributed by atoms with Gasteiger partial charge in [0.1, 0.15) is 29.7 Å². The maximum Gasteiger partial charge on any atom is 0.386 e. The average Bonchev–Trinajstić information content (AvgIpc) is 3.32. The number of benzene rings is 2. The molecular formula is C51H77NO17. The van der Waals surface area contributed by atoms with Gasteiger partial charge in [-0.3, -0.25) is 9.59 Å². The number of aliphatic hydroxyl groups excluding tert-OH is 3. The van der Waals surface area contributed by atoms with Crippen LogP contribution >= 0.6 is 0 Å². The number of nitrogens with zero attached hydrogens (tertiary/aromatic N) is 1. The summed E-state index contributed by atoms with van der Waals surface area (Å²) < 4.78 is 37.1. The monoisotopic (exact) mass is 976 g/mol. The standard InChI is InChI=1S/C37H67NO13.C14H10O4/c1-14-25-37(10,45)30(41)20(4)27(39)18(2)16-35(8,44)32(51-34-28(40)24(38(11)12)15-19(3)47-34)21(5)29(22(6)33(43)49-25)50-26-17-36(9,46-13)31(42)23(7)48-26;15-13(11-7-3-1-4-8-11)17-18-14(16)12-9-5-2-6-10-12/h18-26,28-32,34,40-42,44-45H,14-17H2,1-13H3;1-10H/t18-,19-,20+,21+,22-,23+,24+,25-,26+,28-,29+,30-,31+,32-,34+,35-,36-,37-;/m1./s1. The molecule has 0 bridgehead atoms. The third-order valence-corrected chi connectivity index (χ3v) is 14.0. The van der Waals surface area contributed by atoms with Crippen LogP contribution < -0.4 is 0 Å². The molecule has 0 amide bonds. The van der Waals surface area contributed by atoms with Gasteiger partial charge in [0.15, 0.2) is 12.6 Å². The summed E-state index contributed by atoms with van der Waals surface area (Å²) in [5.41, 5.74) is -4.20. The second-order valence-electron chi connectivity index (χ2n) is 19.9. The zero-order valence-electron chi connectivity index (χ0n) is 42.3. The molecule has 3 saturated heterocycles. The van der Waals surface area contributed by atoms with Gasteiger partial charge < -0.3 is 58.9 Å². The third-order valence-electron chi connectivity index (χ3n) is 14.0. The van der Waals surface area contributed by atoms with Crippen LogP contribution in [0.15, 0.2) is 60.7 Å². The third kappa shape index (κ3) is 14.2. The van der Waals surface area contributed by atoms with Gasteiger partial charge in [0, 0.05) is 37.3 Å². The first-order chi connectivity index (χ1) is 32.2. The van der Waals surface area contributed by atoms with Gasteiger partial charge in [-0.1, -0.05) is 64.1 Å². The van der Waals surface area contributed by atoms with Crippen molar-refractivity contribution in [1.82, 2.24) is 4.90 Å². The lowest BCUT2D eigenvalue weighted by molar-refractivity contribution is -0.318. The fourth-order valence-electron chi connectivity index (χ4n) is 9.73. The lowest BCUT2D eigenvalue weighted by Gasteiger charge is -2.49. The van der Waals surface area contributed by atoms with Crippen LogP contribution in [-0.4, -0.2) is 160 Å². The van der Waals surface area contributed by atoms with E-state index in [0.29, 0.717) is 17.5 Å². The van der Waals surface area contributed by atoms with Gasteiger partial charge >= 0.3 is 17.9 Å². The van der Waals surface area contributed by atoms with E-state index in [4.69, 9.17) is 28.4 Å². The summed E-state index contributed by atoms with van der Waals surface area (Å²) in [6, 6.07) is 16.3. The van der Waals surface area contributed by atoms with Crippen LogP contribution in [0.4, 0.5) is 0 Å². The highest BCUT2D eigenvalue weighted by Gasteiger charge is 2.53. The molecule has 0 spiro atoms. The van der Waals surface area contributed by atoms with Crippen molar-refractivity contribution >= 4 is 23.7 Å². The zero-order valence-corrected chi connectivity index (χ0v) is 42.3. The SMILES string of the molecule is CC[C@H]1OC(=O)[C@H](C)[C@@H](O[C@H]2C[C@@](C)(OC)[C@@H](O)[C@H](C)O2)[C@H](C)[C@@H](O[C@@H]2O[C@H](C)C[C@H](N(C)C)[C@H]2O)[C@](C)(O)C[C@@H](C)C(=O)[C@H](C)[C@@H](O)[C@]1(C)O.O=C(OOC(=O)c1ccccc1)c1ccccc1. The summed E-state index contributed by atoms with van der Waals surface area (Å²) in [6.07, 6.45) is -9.71. The summed E-state index contributed by atoms with van der Waals surface area (Å²) >= 11 is 0. The van der Waals surface area contributed by atoms with Crippen molar-refractivity contribution in [3.63, 3.8) is 0 Å². The summed E-state index contributed by atoms with van der Waals surface area (Å²) in [4.78, 5) is 61.6.